The quantitative estimate of drug-likeness (QED) is 0.0824. The van der Waals surface area contributed by atoms with Crippen LogP contribution in [0.5, 0.6) is 0 Å². The summed E-state index contributed by atoms with van der Waals surface area (Å²) in [6.45, 7) is 4.01. The molecule has 2 amide bonds. The van der Waals surface area contributed by atoms with Gasteiger partial charge in [0, 0.05) is 43.1 Å². The SMILES string of the molecule is CC(C)CN(C(CO)CCCCNC(=O)C(NC(=O)OCc1ccncc1)C(c1ccccc1)c1ccccc1)S(=O)(=O)c1ccc(N)cc1. The highest BCUT2D eigenvalue weighted by atomic mass is 32.2. The number of nitrogens with zero attached hydrogens (tertiary/aromatic N) is 2. The molecule has 1 heterocycles. The van der Waals surface area contributed by atoms with E-state index in [2.05, 4.69) is 15.6 Å². The van der Waals surface area contributed by atoms with Crippen molar-refractivity contribution in [3.8, 4) is 0 Å². The van der Waals surface area contributed by atoms with Gasteiger partial charge in [0.2, 0.25) is 15.9 Å². The van der Waals surface area contributed by atoms with Crippen molar-refractivity contribution in [3.05, 3.63) is 126 Å². The molecule has 4 aromatic rings. The molecule has 266 valence electrons. The Labute approximate surface area is 294 Å². The highest BCUT2D eigenvalue weighted by molar-refractivity contribution is 7.89. The first-order chi connectivity index (χ1) is 24.1. The number of hydrogen-bond acceptors (Lipinski definition) is 8. The molecule has 0 radical (unpaired) electrons. The molecule has 4 rings (SSSR count). The summed E-state index contributed by atoms with van der Waals surface area (Å²) in [4.78, 5) is 31.1. The van der Waals surface area contributed by atoms with Gasteiger partial charge in [0.1, 0.15) is 12.6 Å². The van der Waals surface area contributed by atoms with Crippen LogP contribution in [0, 0.1) is 5.92 Å². The Morgan fingerprint density at radius 1 is 0.880 bits per heavy atom. The average molecular weight is 702 g/mol. The highest BCUT2D eigenvalue weighted by Crippen LogP contribution is 2.29. The summed E-state index contributed by atoms with van der Waals surface area (Å²) in [6, 6.07) is 26.8. The molecule has 1 aromatic heterocycles. The fraction of sp³-hybridized carbons (Fsp3) is 0.342. The number of aromatic nitrogens is 1. The number of nitrogens with two attached hydrogens (primary N) is 1. The summed E-state index contributed by atoms with van der Waals surface area (Å²) in [5.74, 6) is -0.891. The van der Waals surface area contributed by atoms with Crippen molar-refractivity contribution in [2.75, 3.05) is 25.4 Å². The summed E-state index contributed by atoms with van der Waals surface area (Å²) < 4.78 is 34.1. The monoisotopic (exact) mass is 701 g/mol. The van der Waals surface area contributed by atoms with Crippen LogP contribution >= 0.6 is 0 Å². The van der Waals surface area contributed by atoms with Gasteiger partial charge < -0.3 is 26.2 Å². The van der Waals surface area contributed by atoms with Crippen molar-refractivity contribution in [2.45, 2.75) is 62.6 Å². The number of aliphatic hydroxyl groups excluding tert-OH is 1. The minimum Gasteiger partial charge on any atom is -0.445 e. The molecule has 11 nitrogen and oxygen atoms in total. The van der Waals surface area contributed by atoms with Crippen LogP contribution in [0.1, 0.15) is 55.7 Å². The van der Waals surface area contributed by atoms with Crippen LogP contribution in [0.15, 0.2) is 114 Å². The number of ether oxygens (including phenoxy) is 1. The molecule has 2 unspecified atom stereocenters. The van der Waals surface area contributed by atoms with Crippen LogP contribution in [0.3, 0.4) is 0 Å². The average Bonchev–Trinajstić information content (AvgIpc) is 3.12. The lowest BCUT2D eigenvalue weighted by Crippen LogP contribution is -2.50. The number of amides is 2. The van der Waals surface area contributed by atoms with E-state index in [9.17, 15) is 23.1 Å². The fourth-order valence-corrected chi connectivity index (χ4v) is 7.54. The van der Waals surface area contributed by atoms with E-state index < -0.39 is 40.0 Å². The second-order valence-electron chi connectivity index (χ2n) is 12.5. The van der Waals surface area contributed by atoms with E-state index in [1.165, 1.54) is 16.4 Å². The first-order valence-corrected chi connectivity index (χ1v) is 18.2. The molecule has 0 spiro atoms. The summed E-state index contributed by atoms with van der Waals surface area (Å²) in [6.07, 6.45) is 3.91. The molecule has 3 aromatic carbocycles. The van der Waals surface area contributed by atoms with Crippen LogP contribution in [-0.4, -0.2) is 66.6 Å². The zero-order valence-corrected chi connectivity index (χ0v) is 29.3. The van der Waals surface area contributed by atoms with E-state index in [-0.39, 0.29) is 37.1 Å². The number of pyridine rings is 1. The normalized spacial score (nSPS) is 12.8. The Hall–Kier alpha value is -4.78. The molecular weight excluding hydrogens is 655 g/mol. The minimum atomic E-state index is -3.90. The molecule has 0 fully saturated rings. The summed E-state index contributed by atoms with van der Waals surface area (Å²) in [5, 5.41) is 16.1. The smallest absolute Gasteiger partial charge is 0.408 e. The van der Waals surface area contributed by atoms with Gasteiger partial charge in [-0.1, -0.05) is 80.9 Å². The van der Waals surface area contributed by atoms with Crippen molar-refractivity contribution in [1.29, 1.82) is 0 Å². The topological polar surface area (TPSA) is 164 Å². The Balaban J connectivity index is 1.45. The van der Waals surface area contributed by atoms with Crippen LogP contribution in [-0.2, 0) is 26.2 Å². The van der Waals surface area contributed by atoms with Crippen molar-refractivity contribution < 1.29 is 27.9 Å². The summed E-state index contributed by atoms with van der Waals surface area (Å²) in [5.41, 5.74) is 8.67. The molecule has 50 heavy (non-hydrogen) atoms. The van der Waals surface area contributed by atoms with Crippen LogP contribution < -0.4 is 16.4 Å². The maximum absolute atomic E-state index is 13.9. The molecule has 5 N–H and O–H groups in total. The van der Waals surface area contributed by atoms with Crippen LogP contribution in [0.2, 0.25) is 0 Å². The fourth-order valence-electron chi connectivity index (χ4n) is 5.73. The Bertz CT molecular complexity index is 1690. The molecule has 0 aliphatic rings. The number of benzene rings is 3. The second-order valence-corrected chi connectivity index (χ2v) is 14.4. The number of anilines is 1. The lowest BCUT2D eigenvalue weighted by Gasteiger charge is -2.31. The predicted molar refractivity (Wildman–Crippen MR) is 193 cm³/mol. The van der Waals surface area contributed by atoms with Crippen molar-refractivity contribution in [3.63, 3.8) is 0 Å². The van der Waals surface area contributed by atoms with E-state index in [0.29, 0.717) is 24.9 Å². The van der Waals surface area contributed by atoms with Crippen molar-refractivity contribution >= 4 is 27.7 Å². The first kappa shape index (κ1) is 38.0. The van der Waals surface area contributed by atoms with Gasteiger partial charge in [0.25, 0.3) is 0 Å². The minimum absolute atomic E-state index is 0.0118. The van der Waals surface area contributed by atoms with E-state index in [1.807, 2.05) is 74.5 Å². The van der Waals surface area contributed by atoms with Gasteiger partial charge in [-0.2, -0.15) is 4.31 Å². The zero-order valence-electron chi connectivity index (χ0n) is 28.5. The number of hydrogen-bond donors (Lipinski definition) is 4. The van der Waals surface area contributed by atoms with Crippen molar-refractivity contribution in [2.24, 2.45) is 5.92 Å². The van der Waals surface area contributed by atoms with E-state index in [0.717, 1.165) is 16.7 Å². The number of sulfonamides is 1. The molecule has 0 aliphatic carbocycles. The largest absolute Gasteiger partial charge is 0.445 e. The number of unbranched alkanes of at least 4 members (excludes halogenated alkanes) is 1. The van der Waals surface area contributed by atoms with Gasteiger partial charge in [0.15, 0.2) is 0 Å². The van der Waals surface area contributed by atoms with Gasteiger partial charge in [-0.3, -0.25) is 9.78 Å². The van der Waals surface area contributed by atoms with Gasteiger partial charge >= 0.3 is 6.09 Å². The first-order valence-electron chi connectivity index (χ1n) is 16.8. The maximum atomic E-state index is 13.9. The van der Waals surface area contributed by atoms with E-state index >= 15 is 0 Å². The Kier molecular flexibility index (Phi) is 14.3. The van der Waals surface area contributed by atoms with E-state index in [4.69, 9.17) is 10.5 Å². The highest BCUT2D eigenvalue weighted by Gasteiger charge is 2.34. The number of aliphatic hydroxyl groups is 1. The summed E-state index contributed by atoms with van der Waals surface area (Å²) in [7, 11) is -3.90. The number of carbonyl (C=O) groups excluding carboxylic acids is 2. The molecule has 0 saturated carbocycles. The maximum Gasteiger partial charge on any atom is 0.408 e. The summed E-state index contributed by atoms with van der Waals surface area (Å²) >= 11 is 0. The van der Waals surface area contributed by atoms with Gasteiger partial charge in [0.05, 0.1) is 11.5 Å². The number of nitrogen functional groups attached to an aromatic ring is 1. The van der Waals surface area contributed by atoms with Crippen LogP contribution in [0.4, 0.5) is 10.5 Å². The Morgan fingerprint density at radius 3 is 2.04 bits per heavy atom. The van der Waals surface area contributed by atoms with E-state index in [1.54, 1.807) is 36.7 Å². The Morgan fingerprint density at radius 2 is 1.48 bits per heavy atom. The third-order valence-corrected chi connectivity index (χ3v) is 10.2. The lowest BCUT2D eigenvalue weighted by molar-refractivity contribution is -0.123. The van der Waals surface area contributed by atoms with Gasteiger partial charge in [-0.05, 0) is 71.8 Å². The predicted octanol–water partition coefficient (Wildman–Crippen LogP) is 5.09. The van der Waals surface area contributed by atoms with Gasteiger partial charge in [-0.25, -0.2) is 13.2 Å². The number of rotatable bonds is 18. The number of carbonyl (C=O) groups is 2. The third-order valence-electron chi connectivity index (χ3n) is 8.24. The molecule has 0 bridgehead atoms. The third kappa shape index (κ3) is 10.9. The number of alkyl carbamates (subject to hydrolysis) is 1. The molecule has 0 saturated heterocycles. The molecular formula is C38H47N5O6S. The van der Waals surface area contributed by atoms with Crippen LogP contribution in [0.25, 0.3) is 0 Å². The second kappa shape index (κ2) is 18.8. The zero-order chi connectivity index (χ0) is 35.9. The standard InChI is InChI=1S/C38H47N5O6S/c1-28(2)25-43(50(47,48)34-18-16-32(39)17-19-34)33(26-44)15-9-10-22-41-37(45)36(42-38(46)49-27-29-20-23-40-24-21-29)35(30-11-5-3-6-12-30)31-13-7-4-8-14-31/h3-8,11-14,16-21,23-24,28,33,35-36,44H,9-10,15,22,25-27,39H2,1-2H3,(H,41,45)(H,42,46). The molecule has 0 aliphatic heterocycles. The molecule has 2 atom stereocenters. The lowest BCUT2D eigenvalue weighted by atomic mass is 9.84. The molecule has 12 heteroatoms. The number of nitrogens with one attached hydrogen (secondary N) is 2. The van der Waals surface area contributed by atoms with Gasteiger partial charge in [-0.15, -0.1) is 0 Å². The van der Waals surface area contributed by atoms with Crippen molar-refractivity contribution in [1.82, 2.24) is 19.9 Å².